The standard InChI is InChI=1S/C22H26N2S/c1-16-8-9-21-18(14-16)19(17-6-4-5-7-20(17)25-21)15-22(23-2)10-12-24(3)13-11-22/h4-9,14-15,23H,10-13H2,1-3H3/b19-15-. The van der Waals surface area contributed by atoms with Gasteiger partial charge >= 0.3 is 0 Å². The first-order valence-electron chi connectivity index (χ1n) is 9.09. The van der Waals surface area contributed by atoms with Crippen LogP contribution in [0.2, 0.25) is 0 Å². The van der Waals surface area contributed by atoms with Crippen LogP contribution in [0.15, 0.2) is 58.3 Å². The third-order valence-electron chi connectivity index (χ3n) is 5.62. The van der Waals surface area contributed by atoms with Gasteiger partial charge in [0.25, 0.3) is 0 Å². The first-order valence-corrected chi connectivity index (χ1v) is 9.90. The number of piperidine rings is 1. The lowest BCUT2D eigenvalue weighted by Gasteiger charge is -2.39. The SMILES string of the molecule is CNC1(/C=C2/c3ccccc3Sc3ccc(C)cc32)CCN(C)CC1. The molecule has 1 N–H and O–H groups in total. The van der Waals surface area contributed by atoms with Crippen molar-refractivity contribution in [1.82, 2.24) is 10.2 Å². The first kappa shape index (κ1) is 16.9. The smallest absolute Gasteiger partial charge is 0.0395 e. The van der Waals surface area contributed by atoms with Gasteiger partial charge in [0, 0.05) is 15.3 Å². The van der Waals surface area contributed by atoms with E-state index in [4.69, 9.17) is 0 Å². The van der Waals surface area contributed by atoms with Gasteiger partial charge in [-0.3, -0.25) is 0 Å². The van der Waals surface area contributed by atoms with Crippen LogP contribution in [-0.4, -0.2) is 37.6 Å². The molecule has 4 rings (SSSR count). The summed E-state index contributed by atoms with van der Waals surface area (Å²) in [7, 11) is 4.33. The predicted molar refractivity (Wildman–Crippen MR) is 107 cm³/mol. The summed E-state index contributed by atoms with van der Waals surface area (Å²) in [4.78, 5) is 5.16. The van der Waals surface area contributed by atoms with Crippen LogP contribution in [0, 0.1) is 6.92 Å². The highest BCUT2D eigenvalue weighted by atomic mass is 32.2. The molecular weight excluding hydrogens is 324 g/mol. The van der Waals surface area contributed by atoms with E-state index in [0.29, 0.717) is 0 Å². The van der Waals surface area contributed by atoms with E-state index in [0.717, 1.165) is 25.9 Å². The van der Waals surface area contributed by atoms with Crippen molar-refractivity contribution < 1.29 is 0 Å². The second kappa shape index (κ2) is 6.64. The summed E-state index contributed by atoms with van der Waals surface area (Å²) in [6.45, 7) is 4.47. The highest BCUT2D eigenvalue weighted by molar-refractivity contribution is 7.99. The molecule has 0 radical (unpaired) electrons. The molecule has 2 aliphatic rings. The van der Waals surface area contributed by atoms with E-state index >= 15 is 0 Å². The lowest BCUT2D eigenvalue weighted by Crippen LogP contribution is -2.50. The van der Waals surface area contributed by atoms with Gasteiger partial charge in [-0.25, -0.2) is 0 Å². The van der Waals surface area contributed by atoms with Crippen molar-refractivity contribution in [3.8, 4) is 0 Å². The molecule has 2 aliphatic heterocycles. The minimum Gasteiger partial charge on any atom is -0.311 e. The van der Waals surface area contributed by atoms with Crippen molar-refractivity contribution in [3.63, 3.8) is 0 Å². The van der Waals surface area contributed by atoms with E-state index in [-0.39, 0.29) is 5.54 Å². The number of hydrogen-bond donors (Lipinski definition) is 1. The zero-order valence-electron chi connectivity index (χ0n) is 15.3. The monoisotopic (exact) mass is 350 g/mol. The molecule has 0 atom stereocenters. The Balaban J connectivity index is 1.87. The highest BCUT2D eigenvalue weighted by Crippen LogP contribution is 2.46. The molecule has 0 unspecified atom stereocenters. The Labute approximate surface area is 155 Å². The van der Waals surface area contributed by atoms with Crippen molar-refractivity contribution >= 4 is 17.3 Å². The van der Waals surface area contributed by atoms with E-state index in [1.165, 1.54) is 32.1 Å². The molecule has 0 saturated carbocycles. The zero-order chi connectivity index (χ0) is 17.4. The third kappa shape index (κ3) is 3.17. The Kier molecular flexibility index (Phi) is 4.48. The van der Waals surface area contributed by atoms with Crippen LogP contribution in [0.25, 0.3) is 5.57 Å². The van der Waals surface area contributed by atoms with Gasteiger partial charge in [-0.05, 0) is 75.8 Å². The quantitative estimate of drug-likeness (QED) is 0.728. The van der Waals surface area contributed by atoms with Crippen LogP contribution in [-0.2, 0) is 0 Å². The Hall–Kier alpha value is -1.55. The first-order chi connectivity index (χ1) is 12.1. The molecule has 2 nitrogen and oxygen atoms in total. The maximum Gasteiger partial charge on any atom is 0.0395 e. The Morgan fingerprint density at radius 3 is 2.52 bits per heavy atom. The van der Waals surface area contributed by atoms with Crippen LogP contribution >= 0.6 is 11.8 Å². The summed E-state index contributed by atoms with van der Waals surface area (Å²) in [5.41, 5.74) is 5.56. The van der Waals surface area contributed by atoms with Gasteiger partial charge in [-0.15, -0.1) is 0 Å². The van der Waals surface area contributed by atoms with Crippen molar-refractivity contribution in [2.75, 3.05) is 27.2 Å². The number of aryl methyl sites for hydroxylation is 1. The molecule has 3 heteroatoms. The van der Waals surface area contributed by atoms with Gasteiger partial charge in [0.15, 0.2) is 0 Å². The lowest BCUT2D eigenvalue weighted by molar-refractivity contribution is 0.198. The number of benzene rings is 2. The minimum atomic E-state index is 0.0813. The molecular formula is C22H26N2S. The molecule has 130 valence electrons. The number of likely N-dealkylation sites (N-methyl/N-ethyl adjacent to an activating group) is 1. The van der Waals surface area contributed by atoms with Crippen LogP contribution in [0.1, 0.15) is 29.5 Å². The number of hydrogen-bond acceptors (Lipinski definition) is 3. The molecule has 2 heterocycles. The van der Waals surface area contributed by atoms with Crippen molar-refractivity contribution in [3.05, 3.63) is 65.2 Å². The molecule has 25 heavy (non-hydrogen) atoms. The fourth-order valence-corrected chi connectivity index (χ4v) is 4.99. The average Bonchev–Trinajstić information content (AvgIpc) is 2.64. The van der Waals surface area contributed by atoms with Crippen molar-refractivity contribution in [2.24, 2.45) is 0 Å². The Bertz CT molecular complexity index is 817. The topological polar surface area (TPSA) is 15.3 Å². The number of rotatable bonds is 2. The largest absolute Gasteiger partial charge is 0.311 e. The molecule has 0 spiro atoms. The second-order valence-electron chi connectivity index (χ2n) is 7.37. The van der Waals surface area contributed by atoms with Gasteiger partial charge in [-0.1, -0.05) is 53.7 Å². The minimum absolute atomic E-state index is 0.0813. The maximum atomic E-state index is 3.65. The van der Waals surface area contributed by atoms with Gasteiger partial charge in [-0.2, -0.15) is 0 Å². The van der Waals surface area contributed by atoms with Gasteiger partial charge in [0.1, 0.15) is 0 Å². The molecule has 2 aromatic rings. The summed E-state index contributed by atoms with van der Waals surface area (Å²) in [6, 6.07) is 15.7. The van der Waals surface area contributed by atoms with E-state index in [2.05, 4.69) is 79.8 Å². The van der Waals surface area contributed by atoms with Crippen molar-refractivity contribution in [1.29, 1.82) is 0 Å². The molecule has 0 bridgehead atoms. The summed E-state index contributed by atoms with van der Waals surface area (Å²) >= 11 is 1.89. The Morgan fingerprint density at radius 1 is 1.04 bits per heavy atom. The average molecular weight is 351 g/mol. The number of nitrogens with zero attached hydrogens (tertiary/aromatic N) is 1. The van der Waals surface area contributed by atoms with Crippen LogP contribution in [0.4, 0.5) is 0 Å². The zero-order valence-corrected chi connectivity index (χ0v) is 16.1. The molecule has 2 aromatic carbocycles. The number of nitrogens with one attached hydrogen (secondary N) is 1. The summed E-state index contributed by atoms with van der Waals surface area (Å²) in [5.74, 6) is 0. The molecule has 0 aromatic heterocycles. The number of fused-ring (bicyclic) bond motifs is 2. The van der Waals surface area contributed by atoms with Crippen molar-refractivity contribution in [2.45, 2.75) is 35.1 Å². The summed E-state index contributed by atoms with van der Waals surface area (Å²) < 4.78 is 0. The molecule has 1 saturated heterocycles. The molecule has 0 amide bonds. The third-order valence-corrected chi connectivity index (χ3v) is 6.77. The molecule has 0 aliphatic carbocycles. The fraction of sp³-hybridized carbons (Fsp3) is 0.364. The number of likely N-dealkylation sites (tertiary alicyclic amines) is 1. The van der Waals surface area contributed by atoms with Crippen LogP contribution in [0.5, 0.6) is 0 Å². The maximum absolute atomic E-state index is 3.65. The predicted octanol–water partition coefficient (Wildman–Crippen LogP) is 4.58. The van der Waals surface area contributed by atoms with E-state index < -0.39 is 0 Å². The van der Waals surface area contributed by atoms with Gasteiger partial charge < -0.3 is 10.2 Å². The van der Waals surface area contributed by atoms with Crippen LogP contribution in [0.3, 0.4) is 0 Å². The van der Waals surface area contributed by atoms with E-state index in [9.17, 15) is 0 Å². The summed E-state index contributed by atoms with van der Waals surface area (Å²) in [6.07, 6.45) is 4.83. The van der Waals surface area contributed by atoms with Gasteiger partial charge in [0.2, 0.25) is 0 Å². The second-order valence-corrected chi connectivity index (χ2v) is 8.45. The van der Waals surface area contributed by atoms with E-state index in [1.54, 1.807) is 0 Å². The fourth-order valence-electron chi connectivity index (χ4n) is 3.90. The lowest BCUT2D eigenvalue weighted by atomic mass is 9.82. The molecule has 1 fully saturated rings. The normalized spacial score (nSPS) is 21.0. The van der Waals surface area contributed by atoms with Crippen LogP contribution < -0.4 is 5.32 Å². The van der Waals surface area contributed by atoms with Gasteiger partial charge in [0.05, 0.1) is 0 Å². The van der Waals surface area contributed by atoms with E-state index in [1.807, 2.05) is 11.8 Å². The Morgan fingerprint density at radius 2 is 1.76 bits per heavy atom. The summed E-state index contributed by atoms with van der Waals surface area (Å²) in [5, 5.41) is 3.65. The highest BCUT2D eigenvalue weighted by Gasteiger charge is 2.32.